The van der Waals surface area contributed by atoms with Crippen molar-refractivity contribution in [1.29, 1.82) is 0 Å². The molecule has 0 saturated carbocycles. The summed E-state index contributed by atoms with van der Waals surface area (Å²) in [6.07, 6.45) is 0.592. The van der Waals surface area contributed by atoms with E-state index in [9.17, 15) is 9.59 Å². The van der Waals surface area contributed by atoms with Crippen LogP contribution in [0.25, 0.3) is 11.0 Å². The molecule has 2 aromatic rings. The predicted octanol–water partition coefficient (Wildman–Crippen LogP) is 1.97. The molecule has 0 aliphatic heterocycles. The van der Waals surface area contributed by atoms with E-state index in [1.165, 1.54) is 0 Å². The minimum absolute atomic E-state index is 0.0472. The van der Waals surface area contributed by atoms with Crippen molar-refractivity contribution in [2.75, 3.05) is 6.54 Å². The van der Waals surface area contributed by atoms with Crippen molar-refractivity contribution in [2.24, 2.45) is 0 Å². The first-order chi connectivity index (χ1) is 9.97. The highest BCUT2D eigenvalue weighted by molar-refractivity contribution is 5.88. The molecule has 0 saturated heterocycles. The maximum absolute atomic E-state index is 11.8. The summed E-state index contributed by atoms with van der Waals surface area (Å²) < 4.78 is 5.26. The third kappa shape index (κ3) is 3.81. The maximum atomic E-state index is 11.8. The molecule has 0 unspecified atom stereocenters. The van der Waals surface area contributed by atoms with Crippen LogP contribution < -0.4 is 5.32 Å². The number of aliphatic carboxylic acids is 1. The predicted molar refractivity (Wildman–Crippen MR) is 77.1 cm³/mol. The Morgan fingerprint density at radius 3 is 2.81 bits per heavy atom. The number of rotatable bonds is 6. The Hall–Kier alpha value is -2.37. The van der Waals surface area contributed by atoms with Crippen LogP contribution in [-0.4, -0.2) is 28.7 Å². The summed E-state index contributed by atoms with van der Waals surface area (Å²) in [5, 5.41) is 16.1. The molecule has 1 amide bonds. The molecular formula is C15H18N2O4. The average molecular weight is 290 g/mol. The van der Waals surface area contributed by atoms with Crippen LogP contribution in [0.4, 0.5) is 0 Å². The second kappa shape index (κ2) is 6.39. The molecule has 112 valence electrons. The fraction of sp³-hybridized carbons (Fsp3) is 0.400. The standard InChI is InChI=1S/C15H18N2O4/c1-9-6-10(2)15-11(17-21-12(15)7-9)8-13(18)16-5-3-4-14(19)20/h6-7H,3-5,8H2,1-2H3,(H,16,18)(H,19,20). The summed E-state index contributed by atoms with van der Waals surface area (Å²) >= 11 is 0. The Morgan fingerprint density at radius 1 is 1.33 bits per heavy atom. The van der Waals surface area contributed by atoms with Gasteiger partial charge in [-0.2, -0.15) is 0 Å². The number of aryl methyl sites for hydroxylation is 2. The number of amides is 1. The molecule has 1 aromatic carbocycles. The van der Waals surface area contributed by atoms with Gasteiger partial charge in [0.25, 0.3) is 0 Å². The van der Waals surface area contributed by atoms with Gasteiger partial charge < -0.3 is 14.9 Å². The van der Waals surface area contributed by atoms with Crippen LogP contribution in [0.5, 0.6) is 0 Å². The van der Waals surface area contributed by atoms with Crippen molar-refractivity contribution < 1.29 is 19.2 Å². The minimum atomic E-state index is -0.863. The lowest BCUT2D eigenvalue weighted by molar-refractivity contribution is -0.137. The number of fused-ring (bicyclic) bond motifs is 1. The molecule has 0 fully saturated rings. The van der Waals surface area contributed by atoms with E-state index in [0.717, 1.165) is 16.5 Å². The number of carbonyl (C=O) groups is 2. The van der Waals surface area contributed by atoms with E-state index in [-0.39, 0.29) is 18.7 Å². The highest BCUT2D eigenvalue weighted by Crippen LogP contribution is 2.24. The van der Waals surface area contributed by atoms with Gasteiger partial charge in [0.1, 0.15) is 5.69 Å². The van der Waals surface area contributed by atoms with E-state index >= 15 is 0 Å². The Morgan fingerprint density at radius 2 is 2.10 bits per heavy atom. The summed E-state index contributed by atoms with van der Waals surface area (Å²) in [6.45, 7) is 4.28. The third-order valence-electron chi connectivity index (χ3n) is 3.20. The number of hydrogen-bond acceptors (Lipinski definition) is 4. The van der Waals surface area contributed by atoms with Gasteiger partial charge in [-0.25, -0.2) is 0 Å². The molecule has 1 aromatic heterocycles. The zero-order valence-corrected chi connectivity index (χ0v) is 12.1. The molecule has 21 heavy (non-hydrogen) atoms. The van der Waals surface area contributed by atoms with Crippen molar-refractivity contribution >= 4 is 22.8 Å². The van der Waals surface area contributed by atoms with Crippen LogP contribution in [0.3, 0.4) is 0 Å². The maximum Gasteiger partial charge on any atom is 0.303 e. The number of carboxylic acids is 1. The first-order valence-corrected chi connectivity index (χ1v) is 6.81. The molecule has 1 heterocycles. The van der Waals surface area contributed by atoms with Crippen LogP contribution in [0.15, 0.2) is 16.7 Å². The van der Waals surface area contributed by atoms with Crippen molar-refractivity contribution in [3.8, 4) is 0 Å². The van der Waals surface area contributed by atoms with Gasteiger partial charge >= 0.3 is 5.97 Å². The molecule has 0 atom stereocenters. The van der Waals surface area contributed by atoms with Crippen LogP contribution in [0.1, 0.15) is 29.7 Å². The summed E-state index contributed by atoms with van der Waals surface area (Å²) in [5.41, 5.74) is 3.40. The molecule has 0 aliphatic rings. The molecule has 2 N–H and O–H groups in total. The summed E-state index contributed by atoms with van der Waals surface area (Å²) in [4.78, 5) is 22.2. The topological polar surface area (TPSA) is 92.4 Å². The number of aromatic nitrogens is 1. The van der Waals surface area contributed by atoms with Gasteiger partial charge in [-0.15, -0.1) is 0 Å². The van der Waals surface area contributed by atoms with Gasteiger partial charge in [0.15, 0.2) is 5.58 Å². The summed E-state index contributed by atoms with van der Waals surface area (Å²) in [7, 11) is 0. The van der Waals surface area contributed by atoms with Crippen LogP contribution in [-0.2, 0) is 16.0 Å². The Bertz CT molecular complexity index is 676. The molecule has 0 bridgehead atoms. The van der Waals surface area contributed by atoms with Crippen molar-refractivity contribution in [3.63, 3.8) is 0 Å². The molecule has 2 rings (SSSR count). The van der Waals surface area contributed by atoms with E-state index < -0.39 is 5.97 Å². The number of carbonyl (C=O) groups excluding carboxylic acids is 1. The zero-order valence-electron chi connectivity index (χ0n) is 12.1. The molecule has 6 heteroatoms. The minimum Gasteiger partial charge on any atom is -0.481 e. The highest BCUT2D eigenvalue weighted by atomic mass is 16.5. The monoisotopic (exact) mass is 290 g/mol. The molecule has 6 nitrogen and oxygen atoms in total. The van der Waals surface area contributed by atoms with E-state index in [4.69, 9.17) is 9.63 Å². The van der Waals surface area contributed by atoms with Crippen LogP contribution >= 0.6 is 0 Å². The van der Waals surface area contributed by atoms with E-state index in [1.807, 2.05) is 26.0 Å². The first kappa shape index (κ1) is 15.0. The number of nitrogens with zero attached hydrogens (tertiary/aromatic N) is 1. The lowest BCUT2D eigenvalue weighted by Crippen LogP contribution is -2.26. The number of benzene rings is 1. The Labute approximate surface area is 122 Å². The Kier molecular flexibility index (Phi) is 4.57. The van der Waals surface area contributed by atoms with Gasteiger partial charge in [0, 0.05) is 18.4 Å². The smallest absolute Gasteiger partial charge is 0.303 e. The van der Waals surface area contributed by atoms with E-state index in [1.54, 1.807) is 0 Å². The van der Waals surface area contributed by atoms with Crippen molar-refractivity contribution in [3.05, 3.63) is 29.0 Å². The molecule has 0 aliphatic carbocycles. The molecule has 0 radical (unpaired) electrons. The quantitative estimate of drug-likeness (QED) is 0.793. The van der Waals surface area contributed by atoms with E-state index in [2.05, 4.69) is 10.5 Å². The fourth-order valence-corrected chi connectivity index (χ4v) is 2.32. The second-order valence-electron chi connectivity index (χ2n) is 5.11. The summed E-state index contributed by atoms with van der Waals surface area (Å²) in [5.74, 6) is -1.05. The fourth-order valence-electron chi connectivity index (χ4n) is 2.32. The van der Waals surface area contributed by atoms with Gasteiger partial charge in [0.2, 0.25) is 5.91 Å². The summed E-state index contributed by atoms with van der Waals surface area (Å²) in [6, 6.07) is 3.91. The lowest BCUT2D eigenvalue weighted by Gasteiger charge is -2.03. The average Bonchev–Trinajstić information content (AvgIpc) is 2.77. The Balaban J connectivity index is 2.00. The van der Waals surface area contributed by atoms with Gasteiger partial charge in [-0.1, -0.05) is 11.2 Å². The largest absolute Gasteiger partial charge is 0.481 e. The van der Waals surface area contributed by atoms with Crippen molar-refractivity contribution in [2.45, 2.75) is 33.1 Å². The number of hydrogen-bond donors (Lipinski definition) is 2. The zero-order chi connectivity index (χ0) is 15.4. The normalized spacial score (nSPS) is 10.8. The van der Waals surface area contributed by atoms with Gasteiger partial charge in [0.05, 0.1) is 6.42 Å². The highest BCUT2D eigenvalue weighted by Gasteiger charge is 2.14. The molecular weight excluding hydrogens is 272 g/mol. The number of nitrogens with one attached hydrogen (secondary N) is 1. The first-order valence-electron chi connectivity index (χ1n) is 6.81. The van der Waals surface area contributed by atoms with Crippen LogP contribution in [0.2, 0.25) is 0 Å². The number of carboxylic acid groups (broad SMARTS) is 1. The van der Waals surface area contributed by atoms with Gasteiger partial charge in [-0.3, -0.25) is 9.59 Å². The van der Waals surface area contributed by atoms with E-state index in [0.29, 0.717) is 24.2 Å². The third-order valence-corrected chi connectivity index (χ3v) is 3.20. The second-order valence-corrected chi connectivity index (χ2v) is 5.11. The van der Waals surface area contributed by atoms with Crippen LogP contribution in [0, 0.1) is 13.8 Å². The van der Waals surface area contributed by atoms with Gasteiger partial charge in [-0.05, 0) is 37.5 Å². The lowest BCUT2D eigenvalue weighted by atomic mass is 10.0. The SMILES string of the molecule is Cc1cc(C)c2c(CC(=O)NCCCC(=O)O)noc2c1. The van der Waals surface area contributed by atoms with Crippen molar-refractivity contribution in [1.82, 2.24) is 10.5 Å². The molecule has 0 spiro atoms.